The standard InChI is InChI=1S/C12H17FN2/c13-11-4-3-10(12(14)7-11)2-1-9-5-6-15-8-9/h3-4,7,9,15H,1-2,5-6,8,14H2. The van der Waals surface area contributed by atoms with E-state index in [9.17, 15) is 4.39 Å². The van der Waals surface area contributed by atoms with Crippen molar-refractivity contribution in [2.45, 2.75) is 19.3 Å². The molecule has 0 aromatic heterocycles. The van der Waals surface area contributed by atoms with E-state index in [0.717, 1.165) is 37.4 Å². The molecule has 1 heterocycles. The molecule has 2 nitrogen and oxygen atoms in total. The molecule has 2 rings (SSSR count). The Hall–Kier alpha value is -1.09. The third kappa shape index (κ3) is 2.69. The molecule has 0 aliphatic carbocycles. The SMILES string of the molecule is Nc1cc(F)ccc1CCC1CCNC1. The molecule has 1 aromatic rings. The number of hydrogen-bond donors (Lipinski definition) is 2. The summed E-state index contributed by atoms with van der Waals surface area (Å²) in [5, 5.41) is 3.34. The normalized spacial score (nSPS) is 20.7. The zero-order valence-corrected chi connectivity index (χ0v) is 8.80. The van der Waals surface area contributed by atoms with Gasteiger partial charge in [-0.15, -0.1) is 0 Å². The summed E-state index contributed by atoms with van der Waals surface area (Å²) in [7, 11) is 0. The van der Waals surface area contributed by atoms with Gasteiger partial charge in [0.1, 0.15) is 5.82 Å². The van der Waals surface area contributed by atoms with Gasteiger partial charge in [-0.3, -0.25) is 0 Å². The van der Waals surface area contributed by atoms with E-state index in [4.69, 9.17) is 5.73 Å². The van der Waals surface area contributed by atoms with E-state index in [-0.39, 0.29) is 5.82 Å². The summed E-state index contributed by atoms with van der Waals surface area (Å²) in [6.45, 7) is 2.24. The summed E-state index contributed by atoms with van der Waals surface area (Å²) >= 11 is 0. The number of aryl methyl sites for hydroxylation is 1. The van der Waals surface area contributed by atoms with Crippen molar-refractivity contribution in [1.29, 1.82) is 0 Å². The second-order valence-electron chi connectivity index (χ2n) is 4.24. The lowest BCUT2D eigenvalue weighted by atomic mass is 9.98. The molecule has 3 heteroatoms. The molecule has 1 atom stereocenters. The fourth-order valence-corrected chi connectivity index (χ4v) is 2.11. The van der Waals surface area contributed by atoms with E-state index < -0.39 is 0 Å². The van der Waals surface area contributed by atoms with Crippen LogP contribution in [-0.2, 0) is 6.42 Å². The van der Waals surface area contributed by atoms with Gasteiger partial charge in [-0.2, -0.15) is 0 Å². The molecule has 1 saturated heterocycles. The molecule has 0 radical (unpaired) electrons. The van der Waals surface area contributed by atoms with Crippen LogP contribution in [0.1, 0.15) is 18.4 Å². The summed E-state index contributed by atoms with van der Waals surface area (Å²) in [6.07, 6.45) is 3.35. The second-order valence-corrected chi connectivity index (χ2v) is 4.24. The van der Waals surface area contributed by atoms with Crippen molar-refractivity contribution >= 4 is 5.69 Å². The molecule has 1 aliphatic heterocycles. The Labute approximate surface area is 89.7 Å². The van der Waals surface area contributed by atoms with Gasteiger partial charge in [-0.1, -0.05) is 6.07 Å². The number of nitrogens with one attached hydrogen (secondary N) is 1. The average Bonchev–Trinajstić information content (AvgIpc) is 2.69. The monoisotopic (exact) mass is 208 g/mol. The van der Waals surface area contributed by atoms with Crippen molar-refractivity contribution in [2.75, 3.05) is 18.8 Å². The Morgan fingerprint density at radius 3 is 3.00 bits per heavy atom. The van der Waals surface area contributed by atoms with Crippen molar-refractivity contribution in [1.82, 2.24) is 5.32 Å². The topological polar surface area (TPSA) is 38.0 Å². The van der Waals surface area contributed by atoms with E-state index in [0.29, 0.717) is 5.69 Å². The summed E-state index contributed by atoms with van der Waals surface area (Å²) in [6, 6.07) is 4.69. The maximum atomic E-state index is 12.8. The van der Waals surface area contributed by atoms with Gasteiger partial charge in [0, 0.05) is 5.69 Å². The highest BCUT2D eigenvalue weighted by atomic mass is 19.1. The van der Waals surface area contributed by atoms with Gasteiger partial charge < -0.3 is 11.1 Å². The molecule has 0 bridgehead atoms. The molecule has 3 N–H and O–H groups in total. The zero-order valence-electron chi connectivity index (χ0n) is 8.80. The molecule has 15 heavy (non-hydrogen) atoms. The molecular formula is C12H17FN2. The van der Waals surface area contributed by atoms with Gasteiger partial charge in [0.2, 0.25) is 0 Å². The lowest BCUT2D eigenvalue weighted by molar-refractivity contribution is 0.533. The first kappa shape index (κ1) is 10.4. The maximum Gasteiger partial charge on any atom is 0.125 e. The van der Waals surface area contributed by atoms with Gasteiger partial charge in [0.25, 0.3) is 0 Å². The highest BCUT2D eigenvalue weighted by molar-refractivity contribution is 5.46. The van der Waals surface area contributed by atoms with E-state index in [1.165, 1.54) is 18.6 Å². The highest BCUT2D eigenvalue weighted by Crippen LogP contribution is 2.20. The predicted octanol–water partition coefficient (Wildman–Crippen LogP) is 1.95. The van der Waals surface area contributed by atoms with Crippen molar-refractivity contribution < 1.29 is 4.39 Å². The van der Waals surface area contributed by atoms with Crippen molar-refractivity contribution in [3.05, 3.63) is 29.6 Å². The van der Waals surface area contributed by atoms with Crippen LogP contribution in [0.25, 0.3) is 0 Å². The lowest BCUT2D eigenvalue weighted by Gasteiger charge is -2.09. The lowest BCUT2D eigenvalue weighted by Crippen LogP contribution is -2.09. The van der Waals surface area contributed by atoms with Crippen LogP contribution in [0.2, 0.25) is 0 Å². The minimum atomic E-state index is -0.251. The van der Waals surface area contributed by atoms with Crippen LogP contribution in [0.15, 0.2) is 18.2 Å². The van der Waals surface area contributed by atoms with Crippen LogP contribution in [0, 0.1) is 11.7 Å². The molecule has 1 unspecified atom stereocenters. The molecule has 0 saturated carbocycles. The van der Waals surface area contributed by atoms with Gasteiger partial charge in [0.05, 0.1) is 0 Å². The van der Waals surface area contributed by atoms with Crippen molar-refractivity contribution in [2.24, 2.45) is 5.92 Å². The zero-order chi connectivity index (χ0) is 10.7. The van der Waals surface area contributed by atoms with Crippen LogP contribution in [-0.4, -0.2) is 13.1 Å². The largest absolute Gasteiger partial charge is 0.398 e. The minimum absolute atomic E-state index is 0.251. The molecule has 0 amide bonds. The van der Waals surface area contributed by atoms with Crippen LogP contribution in [0.5, 0.6) is 0 Å². The van der Waals surface area contributed by atoms with Gasteiger partial charge in [-0.05, 0) is 56.0 Å². The average molecular weight is 208 g/mol. The maximum absolute atomic E-state index is 12.8. The van der Waals surface area contributed by atoms with Crippen molar-refractivity contribution in [3.63, 3.8) is 0 Å². The molecule has 1 aliphatic rings. The summed E-state index contributed by atoms with van der Waals surface area (Å²) in [4.78, 5) is 0. The van der Waals surface area contributed by atoms with Crippen molar-refractivity contribution in [3.8, 4) is 0 Å². The number of rotatable bonds is 3. The smallest absolute Gasteiger partial charge is 0.125 e. The number of nitrogens with two attached hydrogens (primary N) is 1. The number of hydrogen-bond acceptors (Lipinski definition) is 2. The first-order valence-electron chi connectivity index (χ1n) is 5.50. The highest BCUT2D eigenvalue weighted by Gasteiger charge is 2.14. The third-order valence-electron chi connectivity index (χ3n) is 3.09. The third-order valence-corrected chi connectivity index (χ3v) is 3.09. The first-order chi connectivity index (χ1) is 7.25. The summed E-state index contributed by atoms with van der Waals surface area (Å²) < 4.78 is 12.8. The Bertz CT molecular complexity index is 332. The van der Waals surface area contributed by atoms with Gasteiger partial charge >= 0.3 is 0 Å². The number of nitrogen functional groups attached to an aromatic ring is 1. The molecular weight excluding hydrogens is 191 g/mol. The van der Waals surface area contributed by atoms with E-state index in [2.05, 4.69) is 5.32 Å². The summed E-state index contributed by atoms with van der Waals surface area (Å²) in [5.41, 5.74) is 7.41. The quantitative estimate of drug-likeness (QED) is 0.745. The fraction of sp³-hybridized carbons (Fsp3) is 0.500. The van der Waals surface area contributed by atoms with Crippen LogP contribution in [0.3, 0.4) is 0 Å². The molecule has 0 spiro atoms. The van der Waals surface area contributed by atoms with Crippen LogP contribution >= 0.6 is 0 Å². The predicted molar refractivity (Wildman–Crippen MR) is 60.1 cm³/mol. The number of benzene rings is 1. The molecule has 82 valence electrons. The Morgan fingerprint density at radius 2 is 2.33 bits per heavy atom. The Balaban J connectivity index is 1.92. The summed E-state index contributed by atoms with van der Waals surface area (Å²) in [5.74, 6) is 0.508. The number of anilines is 1. The van der Waals surface area contributed by atoms with Crippen LogP contribution in [0.4, 0.5) is 10.1 Å². The van der Waals surface area contributed by atoms with E-state index >= 15 is 0 Å². The minimum Gasteiger partial charge on any atom is -0.398 e. The van der Waals surface area contributed by atoms with Gasteiger partial charge in [-0.25, -0.2) is 4.39 Å². The van der Waals surface area contributed by atoms with E-state index in [1.807, 2.05) is 0 Å². The molecule has 1 fully saturated rings. The first-order valence-corrected chi connectivity index (χ1v) is 5.50. The number of halogens is 1. The van der Waals surface area contributed by atoms with E-state index in [1.54, 1.807) is 6.07 Å². The van der Waals surface area contributed by atoms with Crippen LogP contribution < -0.4 is 11.1 Å². The van der Waals surface area contributed by atoms with Gasteiger partial charge in [0.15, 0.2) is 0 Å². The Morgan fingerprint density at radius 1 is 1.47 bits per heavy atom. The fourth-order valence-electron chi connectivity index (χ4n) is 2.11. The molecule has 1 aromatic carbocycles. The Kier molecular flexibility index (Phi) is 3.21. The second kappa shape index (κ2) is 4.62.